The molecule has 1 aromatic carbocycles. The van der Waals surface area contributed by atoms with Crippen molar-refractivity contribution in [3.8, 4) is 11.6 Å². The lowest BCUT2D eigenvalue weighted by molar-refractivity contribution is 0.178. The van der Waals surface area contributed by atoms with Crippen molar-refractivity contribution in [2.45, 2.75) is 32.2 Å². The van der Waals surface area contributed by atoms with Crippen LogP contribution in [-0.4, -0.2) is 52.1 Å². The lowest BCUT2D eigenvalue weighted by Gasteiger charge is -2.20. The van der Waals surface area contributed by atoms with Gasteiger partial charge in [0, 0.05) is 35.4 Å². The lowest BCUT2D eigenvalue weighted by Crippen LogP contribution is -2.24. The van der Waals surface area contributed by atoms with Crippen molar-refractivity contribution in [2.24, 2.45) is 0 Å². The summed E-state index contributed by atoms with van der Waals surface area (Å²) in [5, 5.41) is 4.49. The number of aromatic amines is 1. The Labute approximate surface area is 188 Å². The fourth-order valence-electron chi connectivity index (χ4n) is 4.22. The van der Waals surface area contributed by atoms with Crippen LogP contribution < -0.4 is 10.1 Å². The van der Waals surface area contributed by atoms with Crippen LogP contribution in [0.1, 0.15) is 25.0 Å². The zero-order valence-electron chi connectivity index (χ0n) is 18.4. The minimum atomic E-state index is 0.0798. The van der Waals surface area contributed by atoms with Gasteiger partial charge in [-0.3, -0.25) is 4.90 Å². The largest absolute Gasteiger partial charge is 0.493 e. The Hall–Kier alpha value is -3.32. The summed E-state index contributed by atoms with van der Waals surface area (Å²) in [7, 11) is 0. The van der Waals surface area contributed by atoms with Gasteiger partial charge < -0.3 is 19.8 Å². The van der Waals surface area contributed by atoms with Crippen molar-refractivity contribution in [3.63, 3.8) is 0 Å². The smallest absolute Gasteiger partial charge is 0.226 e. The third-order valence-corrected chi connectivity index (χ3v) is 5.81. The normalized spacial score (nSPS) is 18.7. The van der Waals surface area contributed by atoms with Gasteiger partial charge in [-0.15, -0.1) is 0 Å². The van der Waals surface area contributed by atoms with Crippen LogP contribution in [0, 0.1) is 6.92 Å². The first kappa shape index (κ1) is 20.6. The number of ether oxygens (including phenoxy) is 2. The molecule has 3 heterocycles. The molecule has 2 aromatic heterocycles. The molecule has 0 amide bonds. The van der Waals surface area contributed by atoms with Gasteiger partial charge in [-0.25, -0.2) is 4.98 Å². The summed E-state index contributed by atoms with van der Waals surface area (Å²) in [4.78, 5) is 14.7. The predicted molar refractivity (Wildman–Crippen MR) is 126 cm³/mol. The third kappa shape index (κ3) is 5.11. The molecule has 1 aliphatic carbocycles. The number of rotatable bonds is 8. The fraction of sp³-hybridized carbons (Fsp3) is 0.360. The number of anilines is 1. The van der Waals surface area contributed by atoms with E-state index in [2.05, 4.69) is 43.4 Å². The molecule has 5 rings (SSSR count). The van der Waals surface area contributed by atoms with Gasteiger partial charge >= 0.3 is 0 Å². The summed E-state index contributed by atoms with van der Waals surface area (Å²) in [5.41, 5.74) is 2.22. The van der Waals surface area contributed by atoms with Crippen LogP contribution in [0.3, 0.4) is 0 Å². The Morgan fingerprint density at radius 1 is 1.19 bits per heavy atom. The van der Waals surface area contributed by atoms with Crippen LogP contribution in [0.25, 0.3) is 10.9 Å². The molecule has 32 heavy (non-hydrogen) atoms. The maximum Gasteiger partial charge on any atom is 0.226 e. The van der Waals surface area contributed by atoms with Crippen LogP contribution in [-0.2, 0) is 4.74 Å². The van der Waals surface area contributed by atoms with E-state index in [9.17, 15) is 0 Å². The standard InChI is InChI=1S/C25H29N5O2/c1-18-15-19-16-22(7-8-23(19)27-18)32-24-9-10-26-25(29-24)28-20-5-4-6-21(17-20)31-14-13-30-11-2-3-12-30/h4,6-10,15-17,20,27H,2-3,5,11-14H2,1H3,(H,26,28,29). The summed E-state index contributed by atoms with van der Waals surface area (Å²) in [6, 6.07) is 9.91. The van der Waals surface area contributed by atoms with Gasteiger partial charge in [0.15, 0.2) is 0 Å². The molecule has 2 N–H and O–H groups in total. The summed E-state index contributed by atoms with van der Waals surface area (Å²) in [5.74, 6) is 2.69. The summed E-state index contributed by atoms with van der Waals surface area (Å²) in [6.45, 7) is 6.13. The second kappa shape index (κ2) is 9.44. The van der Waals surface area contributed by atoms with Gasteiger partial charge in [0.25, 0.3) is 0 Å². The summed E-state index contributed by atoms with van der Waals surface area (Å²) in [6.07, 6.45) is 11.4. The van der Waals surface area contributed by atoms with Crippen molar-refractivity contribution in [1.82, 2.24) is 19.9 Å². The molecule has 1 unspecified atom stereocenters. The number of nitrogens with one attached hydrogen (secondary N) is 2. The fourth-order valence-corrected chi connectivity index (χ4v) is 4.22. The van der Waals surface area contributed by atoms with Crippen molar-refractivity contribution in [1.29, 1.82) is 0 Å². The number of likely N-dealkylation sites (tertiary alicyclic amines) is 1. The van der Waals surface area contributed by atoms with Gasteiger partial charge in [0.2, 0.25) is 11.8 Å². The van der Waals surface area contributed by atoms with Gasteiger partial charge in [-0.05, 0) is 75.7 Å². The zero-order valence-corrected chi connectivity index (χ0v) is 18.4. The molecule has 1 aliphatic heterocycles. The maximum absolute atomic E-state index is 5.98. The van der Waals surface area contributed by atoms with E-state index in [1.54, 1.807) is 12.3 Å². The highest BCUT2D eigenvalue weighted by Crippen LogP contribution is 2.25. The first-order valence-electron chi connectivity index (χ1n) is 11.3. The molecule has 0 radical (unpaired) electrons. The molecule has 3 aromatic rings. The van der Waals surface area contributed by atoms with Crippen LogP contribution in [0.4, 0.5) is 5.95 Å². The number of aromatic nitrogens is 3. The number of allylic oxidation sites excluding steroid dienone is 1. The van der Waals surface area contributed by atoms with Gasteiger partial charge in [-0.1, -0.05) is 6.08 Å². The number of H-pyrrole nitrogens is 1. The van der Waals surface area contributed by atoms with E-state index in [4.69, 9.17) is 9.47 Å². The topological polar surface area (TPSA) is 75.3 Å². The molecular weight excluding hydrogens is 402 g/mol. The average Bonchev–Trinajstić information content (AvgIpc) is 3.43. The van der Waals surface area contributed by atoms with Crippen molar-refractivity contribution in [2.75, 3.05) is 31.6 Å². The van der Waals surface area contributed by atoms with Crippen LogP contribution >= 0.6 is 0 Å². The molecule has 7 heteroatoms. The first-order chi connectivity index (χ1) is 15.7. The molecule has 1 atom stereocenters. The number of aryl methyl sites for hydroxylation is 1. The van der Waals surface area contributed by atoms with Crippen LogP contribution in [0.5, 0.6) is 11.6 Å². The summed E-state index contributed by atoms with van der Waals surface area (Å²) < 4.78 is 12.0. The van der Waals surface area contributed by atoms with E-state index in [1.807, 2.05) is 31.2 Å². The third-order valence-electron chi connectivity index (χ3n) is 5.81. The highest BCUT2D eigenvalue weighted by atomic mass is 16.5. The molecule has 7 nitrogen and oxygen atoms in total. The quantitative estimate of drug-likeness (QED) is 0.534. The summed E-state index contributed by atoms with van der Waals surface area (Å²) >= 11 is 0. The van der Waals surface area contributed by atoms with E-state index in [-0.39, 0.29) is 6.04 Å². The molecule has 0 bridgehead atoms. The van der Waals surface area contributed by atoms with Crippen LogP contribution in [0.2, 0.25) is 0 Å². The Bertz CT molecular complexity index is 1130. The predicted octanol–water partition coefficient (Wildman–Crippen LogP) is 4.80. The second-order valence-corrected chi connectivity index (χ2v) is 8.38. The Balaban J connectivity index is 1.19. The molecule has 0 saturated carbocycles. The Morgan fingerprint density at radius 3 is 3.00 bits per heavy atom. The highest BCUT2D eigenvalue weighted by molar-refractivity contribution is 5.81. The maximum atomic E-state index is 5.98. The van der Waals surface area contributed by atoms with Gasteiger partial charge in [0.1, 0.15) is 18.1 Å². The van der Waals surface area contributed by atoms with Crippen molar-refractivity contribution >= 4 is 16.9 Å². The van der Waals surface area contributed by atoms with Crippen LogP contribution in [0.15, 0.2) is 60.5 Å². The number of hydrogen-bond acceptors (Lipinski definition) is 6. The van der Waals surface area contributed by atoms with E-state index >= 15 is 0 Å². The molecular formula is C25H29N5O2. The van der Waals surface area contributed by atoms with E-state index in [1.165, 1.54) is 25.9 Å². The van der Waals surface area contributed by atoms with E-state index in [0.29, 0.717) is 18.4 Å². The Kier molecular flexibility index (Phi) is 6.07. The van der Waals surface area contributed by atoms with Gasteiger partial charge in [-0.2, -0.15) is 4.98 Å². The van der Waals surface area contributed by atoms with Crippen molar-refractivity contribution in [3.05, 3.63) is 66.2 Å². The Morgan fingerprint density at radius 2 is 2.09 bits per heavy atom. The number of nitrogens with zero attached hydrogens (tertiary/aromatic N) is 3. The second-order valence-electron chi connectivity index (χ2n) is 8.38. The molecule has 166 valence electrons. The van der Waals surface area contributed by atoms with E-state index < -0.39 is 0 Å². The number of fused-ring (bicyclic) bond motifs is 1. The van der Waals surface area contributed by atoms with Crippen molar-refractivity contribution < 1.29 is 9.47 Å². The minimum absolute atomic E-state index is 0.0798. The SMILES string of the molecule is Cc1cc2cc(Oc3ccnc(NC4C=C(OCCN5CCCC5)C=CC4)n3)ccc2[nH]1. The zero-order chi connectivity index (χ0) is 21.8. The van der Waals surface area contributed by atoms with E-state index in [0.717, 1.165) is 41.1 Å². The average molecular weight is 432 g/mol. The number of hydrogen-bond donors (Lipinski definition) is 2. The number of benzene rings is 1. The molecule has 2 aliphatic rings. The lowest BCUT2D eigenvalue weighted by atomic mass is 10.1. The molecule has 0 spiro atoms. The highest BCUT2D eigenvalue weighted by Gasteiger charge is 2.14. The molecule has 1 saturated heterocycles. The minimum Gasteiger partial charge on any atom is -0.493 e. The first-order valence-corrected chi connectivity index (χ1v) is 11.3. The molecule has 1 fully saturated rings. The monoisotopic (exact) mass is 431 g/mol. The van der Waals surface area contributed by atoms with Gasteiger partial charge in [0.05, 0.1) is 6.04 Å².